The average Bonchev–Trinajstić information content (AvgIpc) is 2.46. The number of benzene rings is 2. The van der Waals surface area contributed by atoms with Gasteiger partial charge in [-0.05, 0) is 18.2 Å². The maximum atomic E-state index is 10.8. The SMILES string of the molecule is N#Cc1ccc(NCc2ccccc2O)cc1[N+](=O)[O-]. The number of nitriles is 1. The lowest BCUT2D eigenvalue weighted by molar-refractivity contribution is -0.385. The van der Waals surface area contributed by atoms with E-state index in [0.29, 0.717) is 17.8 Å². The first kappa shape index (κ1) is 13.4. The van der Waals surface area contributed by atoms with Crippen LogP contribution in [0.5, 0.6) is 5.75 Å². The van der Waals surface area contributed by atoms with Crippen LogP contribution in [0.25, 0.3) is 0 Å². The summed E-state index contributed by atoms with van der Waals surface area (Å²) in [6, 6.07) is 12.9. The Morgan fingerprint density at radius 1 is 1.30 bits per heavy atom. The molecular weight excluding hydrogens is 258 g/mol. The third-order valence-electron chi connectivity index (χ3n) is 2.79. The van der Waals surface area contributed by atoms with Gasteiger partial charge in [0.15, 0.2) is 0 Å². The van der Waals surface area contributed by atoms with E-state index in [1.807, 2.05) is 0 Å². The highest BCUT2D eigenvalue weighted by atomic mass is 16.6. The Bertz CT molecular complexity index is 692. The van der Waals surface area contributed by atoms with Gasteiger partial charge in [0.2, 0.25) is 0 Å². The van der Waals surface area contributed by atoms with E-state index in [1.165, 1.54) is 12.1 Å². The molecule has 2 aromatic carbocycles. The molecule has 2 rings (SSSR count). The van der Waals surface area contributed by atoms with E-state index in [-0.39, 0.29) is 17.0 Å². The fourth-order valence-electron chi connectivity index (χ4n) is 1.74. The van der Waals surface area contributed by atoms with Crippen LogP contribution in [0, 0.1) is 21.4 Å². The standard InChI is InChI=1S/C14H11N3O3/c15-8-10-5-6-12(7-13(10)17(19)20)16-9-11-3-1-2-4-14(11)18/h1-7,16,18H,9H2. The molecule has 0 atom stereocenters. The van der Waals surface area contributed by atoms with Crippen molar-refractivity contribution in [3.05, 3.63) is 63.7 Å². The number of nitrogens with one attached hydrogen (secondary N) is 1. The van der Waals surface area contributed by atoms with Crippen molar-refractivity contribution in [2.45, 2.75) is 6.54 Å². The third-order valence-corrected chi connectivity index (χ3v) is 2.79. The second kappa shape index (κ2) is 5.71. The van der Waals surface area contributed by atoms with E-state index in [9.17, 15) is 15.2 Å². The Hall–Kier alpha value is -3.07. The number of phenolic OH excluding ortho intramolecular Hbond substituents is 1. The number of anilines is 1. The Kier molecular flexibility index (Phi) is 3.82. The molecule has 6 heteroatoms. The van der Waals surface area contributed by atoms with Crippen LogP contribution in [-0.2, 0) is 6.54 Å². The van der Waals surface area contributed by atoms with E-state index in [2.05, 4.69) is 5.32 Å². The number of nitro benzene ring substituents is 1. The van der Waals surface area contributed by atoms with Crippen LogP contribution in [0.3, 0.4) is 0 Å². The zero-order valence-electron chi connectivity index (χ0n) is 10.4. The maximum absolute atomic E-state index is 10.8. The van der Waals surface area contributed by atoms with Crippen LogP contribution in [0.15, 0.2) is 42.5 Å². The van der Waals surface area contributed by atoms with Crippen molar-refractivity contribution >= 4 is 11.4 Å². The minimum atomic E-state index is -0.594. The van der Waals surface area contributed by atoms with Crippen LogP contribution in [-0.4, -0.2) is 10.0 Å². The van der Waals surface area contributed by atoms with Crippen molar-refractivity contribution < 1.29 is 10.0 Å². The van der Waals surface area contributed by atoms with Crippen LogP contribution in [0.4, 0.5) is 11.4 Å². The first-order valence-electron chi connectivity index (χ1n) is 5.81. The molecule has 0 heterocycles. The van der Waals surface area contributed by atoms with Gasteiger partial charge in [0.1, 0.15) is 17.4 Å². The molecule has 0 aromatic heterocycles. The lowest BCUT2D eigenvalue weighted by Crippen LogP contribution is -2.01. The first-order valence-corrected chi connectivity index (χ1v) is 5.81. The number of aromatic hydroxyl groups is 1. The van der Waals surface area contributed by atoms with Crippen molar-refractivity contribution in [3.63, 3.8) is 0 Å². The highest BCUT2D eigenvalue weighted by Crippen LogP contribution is 2.24. The Labute approximate surface area is 115 Å². The van der Waals surface area contributed by atoms with E-state index in [0.717, 1.165) is 0 Å². The minimum absolute atomic E-state index is 0.0168. The van der Waals surface area contributed by atoms with Crippen LogP contribution in [0.2, 0.25) is 0 Å². The van der Waals surface area contributed by atoms with E-state index >= 15 is 0 Å². The summed E-state index contributed by atoms with van der Waals surface area (Å²) in [5.41, 5.74) is 0.969. The summed E-state index contributed by atoms with van der Waals surface area (Å²) in [7, 11) is 0. The molecule has 0 bridgehead atoms. The zero-order chi connectivity index (χ0) is 14.5. The Morgan fingerprint density at radius 2 is 2.05 bits per heavy atom. The van der Waals surface area contributed by atoms with Gasteiger partial charge in [0, 0.05) is 23.9 Å². The molecule has 2 N–H and O–H groups in total. The largest absolute Gasteiger partial charge is 0.508 e. The maximum Gasteiger partial charge on any atom is 0.289 e. The number of nitro groups is 1. The Morgan fingerprint density at radius 3 is 2.70 bits per heavy atom. The number of phenols is 1. The number of nitrogens with zero attached hydrogens (tertiary/aromatic N) is 2. The normalized spacial score (nSPS) is 9.75. The van der Waals surface area contributed by atoms with Gasteiger partial charge < -0.3 is 10.4 Å². The van der Waals surface area contributed by atoms with E-state index in [4.69, 9.17) is 5.26 Å². The van der Waals surface area contributed by atoms with Gasteiger partial charge in [0.25, 0.3) is 5.69 Å². The highest BCUT2D eigenvalue weighted by Gasteiger charge is 2.14. The van der Waals surface area contributed by atoms with E-state index < -0.39 is 4.92 Å². The molecule has 0 saturated heterocycles. The summed E-state index contributed by atoms with van der Waals surface area (Å²) in [6.45, 7) is 0.329. The van der Waals surface area contributed by atoms with Crippen molar-refractivity contribution in [3.8, 4) is 11.8 Å². The summed E-state index contributed by atoms with van der Waals surface area (Å²) in [5.74, 6) is 0.156. The van der Waals surface area contributed by atoms with Crippen LogP contribution >= 0.6 is 0 Å². The minimum Gasteiger partial charge on any atom is -0.508 e. The van der Waals surface area contributed by atoms with Crippen molar-refractivity contribution in [1.82, 2.24) is 0 Å². The molecule has 0 aliphatic carbocycles. The predicted molar refractivity (Wildman–Crippen MR) is 73.2 cm³/mol. The van der Waals surface area contributed by atoms with Gasteiger partial charge in [-0.1, -0.05) is 18.2 Å². The van der Waals surface area contributed by atoms with E-state index in [1.54, 1.807) is 36.4 Å². The van der Waals surface area contributed by atoms with Crippen molar-refractivity contribution in [1.29, 1.82) is 5.26 Å². The molecule has 0 amide bonds. The fourth-order valence-corrected chi connectivity index (χ4v) is 1.74. The number of hydrogen-bond acceptors (Lipinski definition) is 5. The quantitative estimate of drug-likeness (QED) is 0.656. The first-order chi connectivity index (χ1) is 9.61. The third kappa shape index (κ3) is 2.84. The van der Waals surface area contributed by atoms with Crippen molar-refractivity contribution in [2.75, 3.05) is 5.32 Å². The van der Waals surface area contributed by atoms with Crippen molar-refractivity contribution in [2.24, 2.45) is 0 Å². The molecule has 0 fully saturated rings. The molecule has 0 spiro atoms. The molecular formula is C14H11N3O3. The lowest BCUT2D eigenvalue weighted by atomic mass is 10.1. The molecule has 0 saturated carbocycles. The molecule has 2 aromatic rings. The summed E-state index contributed by atoms with van der Waals surface area (Å²) in [5, 5.41) is 32.2. The fraction of sp³-hybridized carbons (Fsp3) is 0.0714. The molecule has 6 nitrogen and oxygen atoms in total. The summed E-state index contributed by atoms with van der Waals surface area (Å²) >= 11 is 0. The monoisotopic (exact) mass is 269 g/mol. The number of hydrogen-bond donors (Lipinski definition) is 2. The summed E-state index contributed by atoms with van der Waals surface area (Å²) < 4.78 is 0. The molecule has 20 heavy (non-hydrogen) atoms. The summed E-state index contributed by atoms with van der Waals surface area (Å²) in [4.78, 5) is 10.3. The second-order valence-corrected chi connectivity index (χ2v) is 4.08. The summed E-state index contributed by atoms with van der Waals surface area (Å²) in [6.07, 6.45) is 0. The zero-order valence-corrected chi connectivity index (χ0v) is 10.4. The van der Waals surface area contributed by atoms with Crippen LogP contribution < -0.4 is 5.32 Å². The predicted octanol–water partition coefficient (Wildman–Crippen LogP) is 2.78. The molecule has 0 radical (unpaired) electrons. The smallest absolute Gasteiger partial charge is 0.289 e. The van der Waals surface area contributed by atoms with Gasteiger partial charge >= 0.3 is 0 Å². The van der Waals surface area contributed by atoms with Gasteiger partial charge in [-0.15, -0.1) is 0 Å². The lowest BCUT2D eigenvalue weighted by Gasteiger charge is -2.08. The van der Waals surface area contributed by atoms with Crippen LogP contribution in [0.1, 0.15) is 11.1 Å². The van der Waals surface area contributed by atoms with Gasteiger partial charge in [-0.3, -0.25) is 10.1 Å². The molecule has 0 aliphatic heterocycles. The Balaban J connectivity index is 2.19. The number of rotatable bonds is 4. The second-order valence-electron chi connectivity index (χ2n) is 4.08. The van der Waals surface area contributed by atoms with Gasteiger partial charge in [-0.2, -0.15) is 5.26 Å². The average molecular weight is 269 g/mol. The van der Waals surface area contributed by atoms with Gasteiger partial charge in [0.05, 0.1) is 4.92 Å². The number of para-hydroxylation sites is 1. The molecule has 100 valence electrons. The molecule has 0 aliphatic rings. The highest BCUT2D eigenvalue weighted by molar-refractivity contribution is 5.59. The van der Waals surface area contributed by atoms with Gasteiger partial charge in [-0.25, -0.2) is 0 Å². The molecule has 0 unspecified atom stereocenters. The topological polar surface area (TPSA) is 99.2 Å².